The molecule has 0 saturated carbocycles. The molecule has 0 aromatic heterocycles. The third kappa shape index (κ3) is 1.72. The second kappa shape index (κ2) is 3.53. The van der Waals surface area contributed by atoms with Crippen molar-refractivity contribution >= 4 is 11.4 Å². The van der Waals surface area contributed by atoms with E-state index in [1.165, 1.54) is 6.07 Å². The van der Waals surface area contributed by atoms with Crippen molar-refractivity contribution in [3.05, 3.63) is 42.5 Å². The van der Waals surface area contributed by atoms with Crippen LogP contribution in [0.1, 0.15) is 0 Å². The summed E-state index contributed by atoms with van der Waals surface area (Å²) >= 11 is 0. The number of phenols is 1. The highest BCUT2D eigenvalue weighted by Gasteiger charge is 2.06. The van der Waals surface area contributed by atoms with Crippen LogP contribution < -0.4 is 11.5 Å². The van der Waals surface area contributed by atoms with Gasteiger partial charge in [0.25, 0.3) is 0 Å². The Morgan fingerprint density at radius 2 is 1.53 bits per heavy atom. The third-order valence-electron chi connectivity index (χ3n) is 2.28. The Kier molecular flexibility index (Phi) is 2.21. The molecule has 3 heteroatoms. The van der Waals surface area contributed by atoms with Crippen LogP contribution in [0.2, 0.25) is 0 Å². The van der Waals surface area contributed by atoms with Gasteiger partial charge in [0.15, 0.2) is 0 Å². The largest absolute Gasteiger partial charge is 0.506 e. The lowest BCUT2D eigenvalue weighted by Gasteiger charge is -2.08. The normalized spacial score (nSPS) is 10.1. The van der Waals surface area contributed by atoms with Gasteiger partial charge in [-0.15, -0.1) is 0 Å². The summed E-state index contributed by atoms with van der Waals surface area (Å²) in [6, 6.07) is 12.8. The van der Waals surface area contributed by atoms with Crippen molar-refractivity contribution in [3.63, 3.8) is 0 Å². The Hall–Kier alpha value is -2.16. The summed E-state index contributed by atoms with van der Waals surface area (Å²) in [6.07, 6.45) is 0. The van der Waals surface area contributed by atoms with Gasteiger partial charge in [-0.05, 0) is 11.6 Å². The molecular formula is C12H12N2O. The first-order valence-electron chi connectivity index (χ1n) is 4.62. The van der Waals surface area contributed by atoms with Gasteiger partial charge in [-0.2, -0.15) is 0 Å². The maximum Gasteiger partial charge on any atom is 0.140 e. The predicted octanol–water partition coefficient (Wildman–Crippen LogP) is 2.22. The van der Waals surface area contributed by atoms with E-state index < -0.39 is 0 Å². The molecule has 0 radical (unpaired) electrons. The number of nitrogens with two attached hydrogens (primary N) is 2. The van der Waals surface area contributed by atoms with Crippen molar-refractivity contribution < 1.29 is 5.11 Å². The van der Waals surface area contributed by atoms with Crippen LogP contribution >= 0.6 is 0 Å². The summed E-state index contributed by atoms with van der Waals surface area (Å²) in [4.78, 5) is 0. The van der Waals surface area contributed by atoms with E-state index in [0.29, 0.717) is 11.4 Å². The van der Waals surface area contributed by atoms with Crippen LogP contribution in [0.3, 0.4) is 0 Å². The van der Waals surface area contributed by atoms with Gasteiger partial charge in [-0.25, -0.2) is 0 Å². The van der Waals surface area contributed by atoms with Crippen LogP contribution in [0.25, 0.3) is 11.1 Å². The second-order valence-electron chi connectivity index (χ2n) is 3.36. The molecule has 0 aliphatic rings. The third-order valence-corrected chi connectivity index (χ3v) is 2.28. The number of rotatable bonds is 1. The molecule has 76 valence electrons. The minimum Gasteiger partial charge on any atom is -0.506 e. The average Bonchev–Trinajstić information content (AvgIpc) is 2.25. The molecule has 0 fully saturated rings. The van der Waals surface area contributed by atoms with Crippen molar-refractivity contribution in [1.82, 2.24) is 0 Å². The summed E-state index contributed by atoms with van der Waals surface area (Å²) in [5.41, 5.74) is 14.1. The zero-order valence-corrected chi connectivity index (χ0v) is 8.14. The molecule has 0 atom stereocenters. The number of benzene rings is 2. The summed E-state index contributed by atoms with van der Waals surface area (Å²) in [5.74, 6) is 0.0205. The van der Waals surface area contributed by atoms with Crippen molar-refractivity contribution in [3.8, 4) is 16.9 Å². The zero-order valence-electron chi connectivity index (χ0n) is 8.14. The first kappa shape index (κ1) is 9.40. The summed E-state index contributed by atoms with van der Waals surface area (Å²) in [5, 5.41) is 9.37. The van der Waals surface area contributed by atoms with Gasteiger partial charge in [-0.3, -0.25) is 0 Å². The Morgan fingerprint density at radius 3 is 2.20 bits per heavy atom. The molecule has 0 aliphatic carbocycles. The molecule has 0 spiro atoms. The highest BCUT2D eigenvalue weighted by atomic mass is 16.3. The molecular weight excluding hydrogens is 188 g/mol. The average molecular weight is 200 g/mol. The first-order valence-corrected chi connectivity index (χ1v) is 4.62. The first-order chi connectivity index (χ1) is 7.18. The van der Waals surface area contributed by atoms with Crippen LogP contribution in [-0.4, -0.2) is 5.11 Å². The highest BCUT2D eigenvalue weighted by molar-refractivity contribution is 5.81. The number of aromatic hydroxyl groups is 1. The molecule has 0 amide bonds. The van der Waals surface area contributed by atoms with E-state index in [-0.39, 0.29) is 5.75 Å². The maximum atomic E-state index is 9.37. The van der Waals surface area contributed by atoms with E-state index in [9.17, 15) is 5.11 Å². The molecule has 3 nitrogen and oxygen atoms in total. The molecule has 0 bridgehead atoms. The molecule has 2 aromatic carbocycles. The monoisotopic (exact) mass is 200 g/mol. The van der Waals surface area contributed by atoms with Crippen molar-refractivity contribution in [2.45, 2.75) is 0 Å². The summed E-state index contributed by atoms with van der Waals surface area (Å²) in [6.45, 7) is 0. The van der Waals surface area contributed by atoms with Gasteiger partial charge >= 0.3 is 0 Å². The lowest BCUT2D eigenvalue weighted by Crippen LogP contribution is -1.93. The number of phenolic OH excluding ortho intramolecular Hbond substituents is 1. The van der Waals surface area contributed by atoms with Crippen LogP contribution in [-0.2, 0) is 0 Å². The van der Waals surface area contributed by atoms with E-state index in [1.54, 1.807) is 6.07 Å². The van der Waals surface area contributed by atoms with Gasteiger partial charge in [0, 0.05) is 17.3 Å². The van der Waals surface area contributed by atoms with E-state index in [0.717, 1.165) is 11.1 Å². The van der Waals surface area contributed by atoms with Gasteiger partial charge < -0.3 is 16.6 Å². The number of hydrogen-bond donors (Lipinski definition) is 3. The number of nitrogen functional groups attached to an aromatic ring is 2. The summed E-state index contributed by atoms with van der Waals surface area (Å²) < 4.78 is 0. The summed E-state index contributed by atoms with van der Waals surface area (Å²) in [7, 11) is 0. The maximum absolute atomic E-state index is 9.37. The molecule has 2 aromatic rings. The van der Waals surface area contributed by atoms with Crippen molar-refractivity contribution in [1.29, 1.82) is 0 Å². The molecule has 0 heterocycles. The topological polar surface area (TPSA) is 72.3 Å². The highest BCUT2D eigenvalue weighted by Crippen LogP contribution is 2.33. The molecule has 5 N–H and O–H groups in total. The molecule has 2 rings (SSSR count). The van der Waals surface area contributed by atoms with Crippen LogP contribution in [0.5, 0.6) is 5.75 Å². The van der Waals surface area contributed by atoms with E-state index in [4.69, 9.17) is 11.5 Å². The minimum atomic E-state index is 0.0205. The van der Waals surface area contributed by atoms with Crippen molar-refractivity contribution in [2.75, 3.05) is 11.5 Å². The van der Waals surface area contributed by atoms with E-state index >= 15 is 0 Å². The molecule has 0 aliphatic heterocycles. The van der Waals surface area contributed by atoms with Gasteiger partial charge in [0.1, 0.15) is 5.75 Å². The Balaban J connectivity index is 2.59. The quantitative estimate of drug-likeness (QED) is 0.488. The van der Waals surface area contributed by atoms with Crippen molar-refractivity contribution in [2.24, 2.45) is 0 Å². The number of anilines is 2. The Morgan fingerprint density at radius 1 is 0.867 bits per heavy atom. The van der Waals surface area contributed by atoms with E-state index in [2.05, 4.69) is 0 Å². The van der Waals surface area contributed by atoms with Gasteiger partial charge in [-0.1, -0.05) is 30.3 Å². The van der Waals surface area contributed by atoms with Gasteiger partial charge in [0.2, 0.25) is 0 Å². The minimum absolute atomic E-state index is 0.0205. The van der Waals surface area contributed by atoms with Gasteiger partial charge in [0.05, 0.1) is 5.69 Å². The fraction of sp³-hybridized carbons (Fsp3) is 0. The SMILES string of the molecule is Nc1cc(-c2ccccc2)c(N)cc1O. The zero-order chi connectivity index (χ0) is 10.8. The standard InChI is InChI=1S/C12H12N2O/c13-10-7-12(15)11(14)6-9(10)8-4-2-1-3-5-8/h1-7,15H,13-14H2. The molecule has 0 saturated heterocycles. The Labute approximate surface area is 88.0 Å². The van der Waals surface area contributed by atoms with E-state index in [1.807, 2.05) is 30.3 Å². The Bertz CT molecular complexity index is 480. The fourth-order valence-corrected chi connectivity index (χ4v) is 1.49. The lowest BCUT2D eigenvalue weighted by molar-refractivity contribution is 0.478. The van der Waals surface area contributed by atoms with Crippen LogP contribution in [0, 0.1) is 0 Å². The predicted molar refractivity (Wildman–Crippen MR) is 62.4 cm³/mol. The molecule has 15 heavy (non-hydrogen) atoms. The second-order valence-corrected chi connectivity index (χ2v) is 3.36. The smallest absolute Gasteiger partial charge is 0.140 e. The molecule has 0 unspecified atom stereocenters. The van der Waals surface area contributed by atoms with Crippen LogP contribution in [0.4, 0.5) is 11.4 Å². The van der Waals surface area contributed by atoms with Crippen LogP contribution in [0.15, 0.2) is 42.5 Å². The lowest BCUT2D eigenvalue weighted by atomic mass is 10.0. The fourth-order valence-electron chi connectivity index (χ4n) is 1.49. The number of hydrogen-bond acceptors (Lipinski definition) is 3.